The first-order valence-electron chi connectivity index (χ1n) is 6.58. The van der Waals surface area contributed by atoms with Crippen molar-refractivity contribution >= 4 is 23.3 Å². The molecule has 1 aliphatic rings. The van der Waals surface area contributed by atoms with Gasteiger partial charge in [-0.05, 0) is 20.3 Å². The fraction of sp³-hybridized carbons (Fsp3) is 0.615. The topological polar surface area (TPSA) is 82.5 Å². The standard InChI is InChI=1S/C13H19N3O3S/c1-9-7-20-10(15-9)3-5-14-12(19)16-6-4-13(2,8-16)11(17)18/h7H,3-6,8H2,1-2H3,(H,14,19)(H,17,18). The molecule has 0 saturated carbocycles. The number of hydrogen-bond donors (Lipinski definition) is 2. The van der Waals surface area contributed by atoms with Crippen LogP contribution in [0.5, 0.6) is 0 Å². The van der Waals surface area contributed by atoms with Gasteiger partial charge in [0, 0.05) is 37.1 Å². The summed E-state index contributed by atoms with van der Waals surface area (Å²) in [6.07, 6.45) is 1.20. The van der Waals surface area contributed by atoms with Crippen LogP contribution in [0, 0.1) is 12.3 Å². The Morgan fingerprint density at radius 1 is 1.60 bits per heavy atom. The van der Waals surface area contributed by atoms with Gasteiger partial charge in [0.15, 0.2) is 0 Å². The van der Waals surface area contributed by atoms with Crippen molar-refractivity contribution in [3.8, 4) is 0 Å². The molecule has 2 amide bonds. The van der Waals surface area contributed by atoms with Gasteiger partial charge in [-0.25, -0.2) is 9.78 Å². The number of nitrogens with one attached hydrogen (secondary N) is 1. The van der Waals surface area contributed by atoms with Gasteiger partial charge in [-0.2, -0.15) is 0 Å². The second kappa shape index (κ2) is 5.78. The number of carbonyl (C=O) groups is 2. The van der Waals surface area contributed by atoms with E-state index >= 15 is 0 Å². The third-order valence-corrected chi connectivity index (χ3v) is 4.58. The van der Waals surface area contributed by atoms with Gasteiger partial charge < -0.3 is 15.3 Å². The Morgan fingerprint density at radius 2 is 2.35 bits per heavy atom. The first-order chi connectivity index (χ1) is 9.40. The second-order valence-corrected chi connectivity index (χ2v) is 6.34. The van der Waals surface area contributed by atoms with Crippen LogP contribution < -0.4 is 5.32 Å². The smallest absolute Gasteiger partial charge is 0.317 e. The number of rotatable bonds is 4. The lowest BCUT2D eigenvalue weighted by Crippen LogP contribution is -2.41. The molecule has 7 heteroatoms. The van der Waals surface area contributed by atoms with Gasteiger partial charge in [0.25, 0.3) is 0 Å². The van der Waals surface area contributed by atoms with E-state index in [0.29, 0.717) is 25.9 Å². The fourth-order valence-electron chi connectivity index (χ4n) is 2.21. The Morgan fingerprint density at radius 3 is 2.90 bits per heavy atom. The van der Waals surface area contributed by atoms with Gasteiger partial charge in [-0.3, -0.25) is 4.79 Å². The summed E-state index contributed by atoms with van der Waals surface area (Å²) < 4.78 is 0. The van der Waals surface area contributed by atoms with E-state index in [2.05, 4.69) is 10.3 Å². The van der Waals surface area contributed by atoms with Crippen molar-refractivity contribution in [3.05, 3.63) is 16.1 Å². The van der Waals surface area contributed by atoms with E-state index in [1.54, 1.807) is 23.2 Å². The van der Waals surface area contributed by atoms with E-state index in [1.807, 2.05) is 12.3 Å². The number of amides is 2. The van der Waals surface area contributed by atoms with Crippen molar-refractivity contribution in [2.24, 2.45) is 5.41 Å². The molecule has 1 unspecified atom stereocenters. The highest BCUT2D eigenvalue weighted by atomic mass is 32.1. The second-order valence-electron chi connectivity index (χ2n) is 5.40. The summed E-state index contributed by atoms with van der Waals surface area (Å²) in [5, 5.41) is 14.9. The maximum atomic E-state index is 12.0. The molecular weight excluding hydrogens is 278 g/mol. The lowest BCUT2D eigenvalue weighted by molar-refractivity contribution is -0.146. The van der Waals surface area contributed by atoms with Gasteiger partial charge in [0.2, 0.25) is 0 Å². The highest BCUT2D eigenvalue weighted by molar-refractivity contribution is 7.09. The van der Waals surface area contributed by atoms with Crippen LogP contribution in [0.3, 0.4) is 0 Å². The van der Waals surface area contributed by atoms with Crippen molar-refractivity contribution in [2.45, 2.75) is 26.7 Å². The number of urea groups is 1. The summed E-state index contributed by atoms with van der Waals surface area (Å²) in [6.45, 7) is 4.90. The maximum Gasteiger partial charge on any atom is 0.317 e. The third-order valence-electron chi connectivity index (χ3n) is 3.56. The monoisotopic (exact) mass is 297 g/mol. The molecular formula is C13H19N3O3S. The summed E-state index contributed by atoms with van der Waals surface area (Å²) in [5.74, 6) is -0.842. The van der Waals surface area contributed by atoms with Gasteiger partial charge in [-0.1, -0.05) is 0 Å². The van der Waals surface area contributed by atoms with Gasteiger partial charge in [0.1, 0.15) is 0 Å². The van der Waals surface area contributed by atoms with Crippen LogP contribution in [0.2, 0.25) is 0 Å². The van der Waals surface area contributed by atoms with E-state index < -0.39 is 11.4 Å². The zero-order valence-corrected chi connectivity index (χ0v) is 12.5. The zero-order chi connectivity index (χ0) is 14.8. The normalized spacial score (nSPS) is 22.0. The molecule has 1 atom stereocenters. The number of aliphatic carboxylic acids is 1. The van der Waals surface area contributed by atoms with Crippen molar-refractivity contribution in [2.75, 3.05) is 19.6 Å². The summed E-state index contributed by atoms with van der Waals surface area (Å²) in [7, 11) is 0. The molecule has 0 bridgehead atoms. The molecule has 20 heavy (non-hydrogen) atoms. The van der Waals surface area contributed by atoms with E-state index in [0.717, 1.165) is 10.7 Å². The number of aryl methyl sites for hydroxylation is 1. The Labute approximate surface area is 121 Å². The van der Waals surface area contributed by atoms with Crippen LogP contribution in [0.15, 0.2) is 5.38 Å². The molecule has 2 N–H and O–H groups in total. The number of carboxylic acids is 1. The molecule has 0 aliphatic carbocycles. The van der Waals surface area contributed by atoms with Crippen LogP contribution in [0.25, 0.3) is 0 Å². The molecule has 1 aromatic heterocycles. The molecule has 1 aliphatic heterocycles. The number of carbonyl (C=O) groups excluding carboxylic acids is 1. The molecule has 1 saturated heterocycles. The van der Waals surface area contributed by atoms with E-state index in [4.69, 9.17) is 5.11 Å². The first kappa shape index (κ1) is 14.8. The molecule has 2 rings (SSSR count). The van der Waals surface area contributed by atoms with Gasteiger partial charge >= 0.3 is 12.0 Å². The quantitative estimate of drug-likeness (QED) is 0.882. The SMILES string of the molecule is Cc1csc(CCNC(=O)N2CCC(C)(C(=O)O)C2)n1. The van der Waals surface area contributed by atoms with Crippen LogP contribution >= 0.6 is 11.3 Å². The molecule has 1 fully saturated rings. The van der Waals surface area contributed by atoms with E-state index in [9.17, 15) is 9.59 Å². The molecule has 0 radical (unpaired) electrons. The summed E-state index contributed by atoms with van der Waals surface area (Å²) in [6, 6.07) is -0.191. The molecule has 1 aromatic rings. The number of aromatic nitrogens is 1. The predicted octanol–water partition coefficient (Wildman–Crippen LogP) is 1.50. The Kier molecular flexibility index (Phi) is 4.27. The number of nitrogens with zero attached hydrogens (tertiary/aromatic N) is 2. The number of thiazole rings is 1. The summed E-state index contributed by atoms with van der Waals surface area (Å²) in [4.78, 5) is 29.0. The van der Waals surface area contributed by atoms with Crippen LogP contribution in [-0.2, 0) is 11.2 Å². The summed E-state index contributed by atoms with van der Waals surface area (Å²) >= 11 is 1.58. The maximum absolute atomic E-state index is 12.0. The number of hydrogen-bond acceptors (Lipinski definition) is 4. The lowest BCUT2D eigenvalue weighted by atomic mass is 9.90. The van der Waals surface area contributed by atoms with Crippen molar-refractivity contribution in [1.82, 2.24) is 15.2 Å². The number of carboxylic acid groups (broad SMARTS) is 1. The van der Waals surface area contributed by atoms with Crippen molar-refractivity contribution < 1.29 is 14.7 Å². The minimum Gasteiger partial charge on any atom is -0.481 e. The highest BCUT2D eigenvalue weighted by Gasteiger charge is 2.42. The minimum absolute atomic E-state index is 0.191. The first-order valence-corrected chi connectivity index (χ1v) is 7.46. The van der Waals surface area contributed by atoms with Crippen LogP contribution in [0.1, 0.15) is 24.0 Å². The Hall–Kier alpha value is -1.63. The highest BCUT2D eigenvalue weighted by Crippen LogP contribution is 2.29. The molecule has 6 nitrogen and oxygen atoms in total. The van der Waals surface area contributed by atoms with Crippen LogP contribution in [-0.4, -0.2) is 46.6 Å². The molecule has 0 aromatic carbocycles. The molecule has 2 heterocycles. The largest absolute Gasteiger partial charge is 0.481 e. The summed E-state index contributed by atoms with van der Waals surface area (Å²) in [5.41, 5.74) is 0.178. The molecule has 110 valence electrons. The fourth-order valence-corrected chi connectivity index (χ4v) is 2.99. The predicted molar refractivity (Wildman–Crippen MR) is 75.9 cm³/mol. The van der Waals surface area contributed by atoms with E-state index in [1.165, 1.54) is 0 Å². The van der Waals surface area contributed by atoms with Gasteiger partial charge in [-0.15, -0.1) is 11.3 Å². The Bertz CT molecular complexity index is 517. The minimum atomic E-state index is -0.842. The van der Waals surface area contributed by atoms with Crippen LogP contribution in [0.4, 0.5) is 4.79 Å². The van der Waals surface area contributed by atoms with Crippen molar-refractivity contribution in [1.29, 1.82) is 0 Å². The average Bonchev–Trinajstić information content (AvgIpc) is 2.97. The van der Waals surface area contributed by atoms with E-state index in [-0.39, 0.29) is 12.6 Å². The average molecular weight is 297 g/mol. The lowest BCUT2D eigenvalue weighted by Gasteiger charge is -2.20. The van der Waals surface area contributed by atoms with Crippen molar-refractivity contribution in [3.63, 3.8) is 0 Å². The Balaban J connectivity index is 1.77. The number of likely N-dealkylation sites (tertiary alicyclic amines) is 1. The zero-order valence-electron chi connectivity index (χ0n) is 11.7. The van der Waals surface area contributed by atoms with Gasteiger partial charge in [0.05, 0.1) is 10.4 Å². The third kappa shape index (κ3) is 3.27. The molecule has 0 spiro atoms.